The summed E-state index contributed by atoms with van der Waals surface area (Å²) in [6.45, 7) is 5.90. The molecule has 0 saturated heterocycles. The number of aryl methyl sites for hydroxylation is 1. The number of hydrogen-bond acceptors (Lipinski definition) is 6. The van der Waals surface area contributed by atoms with E-state index < -0.39 is 12.0 Å². The zero-order chi connectivity index (χ0) is 22.0. The zero-order valence-electron chi connectivity index (χ0n) is 17.6. The minimum absolute atomic E-state index is 0.257. The van der Waals surface area contributed by atoms with E-state index in [1.54, 1.807) is 30.7 Å². The van der Waals surface area contributed by atoms with E-state index in [1.165, 1.54) is 35.0 Å². The fraction of sp³-hybridized carbons (Fsp3) is 0.261. The molecule has 31 heavy (non-hydrogen) atoms. The Morgan fingerprint density at radius 2 is 1.94 bits per heavy atom. The molecular formula is C23H23FN4O2S. The zero-order valence-corrected chi connectivity index (χ0v) is 18.4. The molecule has 0 saturated carbocycles. The van der Waals surface area contributed by atoms with Crippen LogP contribution in [0.3, 0.4) is 0 Å². The van der Waals surface area contributed by atoms with Gasteiger partial charge in [-0.25, -0.2) is 13.9 Å². The van der Waals surface area contributed by atoms with Crippen LogP contribution in [-0.2, 0) is 15.3 Å². The Morgan fingerprint density at radius 1 is 1.19 bits per heavy atom. The maximum Gasteiger partial charge on any atom is 0.338 e. The number of hydrogen-bond donors (Lipinski definition) is 1. The van der Waals surface area contributed by atoms with Gasteiger partial charge < -0.3 is 10.1 Å². The van der Waals surface area contributed by atoms with E-state index >= 15 is 0 Å². The van der Waals surface area contributed by atoms with E-state index in [9.17, 15) is 9.18 Å². The Bertz CT molecular complexity index is 1140. The average molecular weight is 439 g/mol. The van der Waals surface area contributed by atoms with E-state index in [1.807, 2.05) is 12.1 Å². The maximum atomic E-state index is 13.5. The van der Waals surface area contributed by atoms with Crippen LogP contribution in [-0.4, -0.2) is 27.3 Å². The van der Waals surface area contributed by atoms with E-state index in [0.29, 0.717) is 22.4 Å². The smallest absolute Gasteiger partial charge is 0.338 e. The molecule has 6 nitrogen and oxygen atoms in total. The molecule has 0 aliphatic carbocycles. The number of benzene rings is 2. The van der Waals surface area contributed by atoms with Crippen molar-refractivity contribution in [2.24, 2.45) is 0 Å². The molecule has 2 aromatic carbocycles. The molecule has 0 fully saturated rings. The van der Waals surface area contributed by atoms with Gasteiger partial charge in [-0.3, -0.25) is 0 Å². The van der Waals surface area contributed by atoms with Gasteiger partial charge in [-0.05, 0) is 49.6 Å². The van der Waals surface area contributed by atoms with Crippen LogP contribution in [0.1, 0.15) is 36.6 Å². The van der Waals surface area contributed by atoms with E-state index in [0.717, 1.165) is 11.3 Å². The van der Waals surface area contributed by atoms with Gasteiger partial charge in [-0.15, -0.1) is 5.10 Å². The Kier molecular flexibility index (Phi) is 6.08. The number of nitrogens with zero attached hydrogens (tertiary/aromatic N) is 3. The fourth-order valence-electron chi connectivity index (χ4n) is 3.53. The first-order chi connectivity index (χ1) is 15.0. The largest absolute Gasteiger partial charge is 0.463 e. The normalized spacial score (nSPS) is 15.4. The number of nitrogens with one attached hydrogen (secondary N) is 1. The van der Waals surface area contributed by atoms with Crippen molar-refractivity contribution in [2.75, 3.05) is 11.9 Å². The van der Waals surface area contributed by atoms with Crippen molar-refractivity contribution in [1.82, 2.24) is 14.8 Å². The molecule has 160 valence electrons. The third-order valence-corrected chi connectivity index (χ3v) is 6.02. The number of carbonyl (C=O) groups excluding carboxylic acids is 1. The van der Waals surface area contributed by atoms with Gasteiger partial charge in [0.05, 0.1) is 12.2 Å². The molecular weight excluding hydrogens is 415 g/mol. The molecule has 0 spiro atoms. The Morgan fingerprint density at radius 3 is 2.65 bits per heavy atom. The van der Waals surface area contributed by atoms with Crippen LogP contribution >= 0.6 is 11.8 Å². The predicted octanol–water partition coefficient (Wildman–Crippen LogP) is 4.87. The number of rotatable bonds is 6. The number of aromatic nitrogens is 3. The lowest BCUT2D eigenvalue weighted by Crippen LogP contribution is -2.29. The molecule has 4 rings (SSSR count). The van der Waals surface area contributed by atoms with Crippen molar-refractivity contribution in [2.45, 2.75) is 37.7 Å². The van der Waals surface area contributed by atoms with Gasteiger partial charge in [0.25, 0.3) is 0 Å². The minimum atomic E-state index is -0.559. The molecule has 3 aromatic rings. The first-order valence-corrected chi connectivity index (χ1v) is 11.0. The summed E-state index contributed by atoms with van der Waals surface area (Å²) < 4.78 is 20.5. The molecule has 2 heterocycles. The summed E-state index contributed by atoms with van der Waals surface area (Å²) in [6.07, 6.45) is 0. The summed E-state index contributed by atoms with van der Waals surface area (Å²) in [7, 11) is 0. The van der Waals surface area contributed by atoms with Crippen molar-refractivity contribution in [1.29, 1.82) is 0 Å². The summed E-state index contributed by atoms with van der Waals surface area (Å²) in [5.41, 5.74) is 4.23. The van der Waals surface area contributed by atoms with Gasteiger partial charge in [0.15, 0.2) is 0 Å². The quantitative estimate of drug-likeness (QED) is 0.437. The molecule has 1 atom stereocenters. The average Bonchev–Trinajstić information content (AvgIpc) is 3.15. The highest BCUT2D eigenvalue weighted by Gasteiger charge is 2.35. The summed E-state index contributed by atoms with van der Waals surface area (Å²) in [4.78, 5) is 17.4. The van der Waals surface area contributed by atoms with Crippen LogP contribution in [0.2, 0.25) is 0 Å². The van der Waals surface area contributed by atoms with Gasteiger partial charge in [0.1, 0.15) is 11.9 Å². The lowest BCUT2D eigenvalue weighted by molar-refractivity contribution is -0.139. The monoisotopic (exact) mass is 438 g/mol. The summed E-state index contributed by atoms with van der Waals surface area (Å²) in [5, 5.41) is 8.44. The third kappa shape index (κ3) is 4.34. The van der Waals surface area contributed by atoms with Gasteiger partial charge in [-0.2, -0.15) is 4.98 Å². The van der Waals surface area contributed by atoms with Crippen molar-refractivity contribution >= 4 is 23.7 Å². The number of halogens is 1. The second kappa shape index (κ2) is 8.93. The topological polar surface area (TPSA) is 69.0 Å². The number of thioether (sulfide) groups is 1. The lowest BCUT2D eigenvalue weighted by Gasteiger charge is -2.28. The molecule has 8 heteroatoms. The molecule has 0 unspecified atom stereocenters. The van der Waals surface area contributed by atoms with E-state index in [4.69, 9.17) is 4.74 Å². The van der Waals surface area contributed by atoms with Crippen molar-refractivity contribution in [3.05, 3.63) is 82.3 Å². The summed E-state index contributed by atoms with van der Waals surface area (Å²) >= 11 is 1.52. The number of allylic oxidation sites excluding steroid dienone is 1. The minimum Gasteiger partial charge on any atom is -0.463 e. The van der Waals surface area contributed by atoms with Crippen LogP contribution in [0.5, 0.6) is 0 Å². The van der Waals surface area contributed by atoms with E-state index in [2.05, 4.69) is 34.5 Å². The first-order valence-electron chi connectivity index (χ1n) is 10.0. The lowest BCUT2D eigenvalue weighted by atomic mass is 9.96. The highest BCUT2D eigenvalue weighted by molar-refractivity contribution is 7.98. The van der Waals surface area contributed by atoms with E-state index in [-0.39, 0.29) is 12.4 Å². The summed E-state index contributed by atoms with van der Waals surface area (Å²) in [5.74, 6) is 0.489. The molecule has 1 N–H and O–H groups in total. The fourth-order valence-corrected chi connectivity index (χ4v) is 4.44. The highest BCUT2D eigenvalue weighted by atomic mass is 32.2. The maximum absolute atomic E-state index is 13.5. The second-order valence-electron chi connectivity index (χ2n) is 7.22. The number of esters is 1. The second-order valence-corrected chi connectivity index (χ2v) is 8.16. The van der Waals surface area contributed by atoms with Crippen molar-refractivity contribution < 1.29 is 13.9 Å². The van der Waals surface area contributed by atoms with Crippen molar-refractivity contribution in [3.8, 4) is 0 Å². The van der Waals surface area contributed by atoms with Crippen LogP contribution in [0, 0.1) is 12.7 Å². The molecule has 0 radical (unpaired) electrons. The van der Waals surface area contributed by atoms with Gasteiger partial charge in [-0.1, -0.05) is 48.2 Å². The van der Waals surface area contributed by atoms with Crippen LogP contribution < -0.4 is 5.32 Å². The molecule has 1 aromatic heterocycles. The first kappa shape index (κ1) is 21.1. The Labute approximate surface area is 184 Å². The highest BCUT2D eigenvalue weighted by Crippen LogP contribution is 2.37. The number of fused-ring (bicyclic) bond motifs is 1. The Balaban J connectivity index is 1.70. The van der Waals surface area contributed by atoms with Crippen molar-refractivity contribution in [3.63, 3.8) is 0 Å². The van der Waals surface area contributed by atoms with Crippen LogP contribution in [0.4, 0.5) is 10.3 Å². The van der Waals surface area contributed by atoms with Crippen LogP contribution in [0.25, 0.3) is 0 Å². The third-order valence-electron chi connectivity index (χ3n) is 5.13. The predicted molar refractivity (Wildman–Crippen MR) is 118 cm³/mol. The van der Waals surface area contributed by atoms with Gasteiger partial charge in [0, 0.05) is 11.4 Å². The molecule has 0 bridgehead atoms. The Hall–Kier alpha value is -3.13. The summed E-state index contributed by atoms with van der Waals surface area (Å²) in [6, 6.07) is 13.7. The molecule has 1 aliphatic heterocycles. The van der Waals surface area contributed by atoms with Crippen LogP contribution in [0.15, 0.2) is 65.0 Å². The molecule has 1 aliphatic rings. The molecule has 0 amide bonds. The number of ether oxygens (including phenoxy) is 1. The SMILES string of the molecule is CCOC(=O)C1=C(C)Nc2nc(SCc3ccccc3C)nn2[C@@H]1c1ccc(F)cc1. The van der Waals surface area contributed by atoms with Gasteiger partial charge >= 0.3 is 5.97 Å². The van der Waals surface area contributed by atoms with Gasteiger partial charge in [0.2, 0.25) is 11.1 Å². The number of anilines is 1. The standard InChI is InChI=1S/C23H23FN4O2S/c1-4-30-21(29)19-15(3)25-22-26-23(31-13-17-8-6-5-7-14(17)2)27-28(22)20(19)16-9-11-18(24)12-10-16/h5-12,20H,4,13H2,1-3H3,(H,25,26,27)/t20-/m1/s1. The number of carbonyl (C=O) groups is 1.